The van der Waals surface area contributed by atoms with Gasteiger partial charge in [-0.05, 0) is 37.6 Å². The number of fused-ring (bicyclic) bond motifs is 2. The van der Waals surface area contributed by atoms with Crippen molar-refractivity contribution in [2.75, 3.05) is 33.7 Å². The molecule has 2 aliphatic rings. The summed E-state index contributed by atoms with van der Waals surface area (Å²) >= 11 is 1.39. The van der Waals surface area contributed by atoms with Crippen LogP contribution in [0.5, 0.6) is 0 Å². The predicted octanol–water partition coefficient (Wildman–Crippen LogP) is 2.02. The van der Waals surface area contributed by atoms with Gasteiger partial charge in [-0.15, -0.1) is 17.8 Å². The molecule has 2 aromatic heterocycles. The summed E-state index contributed by atoms with van der Waals surface area (Å²) < 4.78 is 28.7. The first-order valence-corrected chi connectivity index (χ1v) is 15.1. The summed E-state index contributed by atoms with van der Waals surface area (Å²) in [5, 5.41) is 4.59. The molecule has 1 aromatic carbocycles. The number of sulfonamides is 1. The molecule has 2 amide bonds. The van der Waals surface area contributed by atoms with Gasteiger partial charge in [-0.3, -0.25) is 9.59 Å². The van der Waals surface area contributed by atoms with Crippen LogP contribution < -0.4 is 5.32 Å². The van der Waals surface area contributed by atoms with Gasteiger partial charge in [-0.2, -0.15) is 4.31 Å². The second-order valence-electron chi connectivity index (χ2n) is 10.3. The number of hydrogen-bond acceptors (Lipinski definition) is 7. The second-order valence-corrected chi connectivity index (χ2v) is 13.3. The van der Waals surface area contributed by atoms with Crippen molar-refractivity contribution >= 4 is 44.1 Å². The minimum absolute atomic E-state index is 0.0729. The molecule has 2 unspecified atom stereocenters. The van der Waals surface area contributed by atoms with E-state index in [1.54, 1.807) is 43.3 Å². The molecule has 1 saturated heterocycles. The van der Waals surface area contributed by atoms with E-state index in [-0.39, 0.29) is 42.9 Å². The van der Waals surface area contributed by atoms with E-state index in [1.807, 2.05) is 0 Å². The van der Waals surface area contributed by atoms with E-state index in [9.17, 15) is 18.0 Å². The summed E-state index contributed by atoms with van der Waals surface area (Å²) in [7, 11) is -0.522. The average Bonchev–Trinajstić information content (AvgIpc) is 3.55. The second kappa shape index (κ2) is 10.7. The van der Waals surface area contributed by atoms with Gasteiger partial charge in [0.2, 0.25) is 5.91 Å². The molecule has 0 saturated carbocycles. The standard InChI is InChI=1S/C27H32N6O4S2/c1-5-18-6-8-21-19(13-18)14-24(29-21)39(36,37)32-10-11-33(20(16-32)7-9-25(34)31(3)4)27(35)26-30-22-12-17(2)28-15-23(22)38-26/h1,6,8,13-14,17,20,28-29H,7,9-12,15-16H2,2-4H3. The molecule has 10 nitrogen and oxygen atoms in total. The molecule has 3 aromatic rings. The van der Waals surface area contributed by atoms with Crippen molar-refractivity contribution in [3.8, 4) is 12.3 Å². The van der Waals surface area contributed by atoms with Crippen LogP contribution in [-0.2, 0) is 27.8 Å². The van der Waals surface area contributed by atoms with Crippen LogP contribution in [0.3, 0.4) is 0 Å². The summed E-state index contributed by atoms with van der Waals surface area (Å²) in [5.74, 6) is 2.27. The first-order chi connectivity index (χ1) is 18.6. The van der Waals surface area contributed by atoms with E-state index in [4.69, 9.17) is 6.42 Å². The molecule has 4 heterocycles. The molecule has 39 heavy (non-hydrogen) atoms. The van der Waals surface area contributed by atoms with Gasteiger partial charge in [0.25, 0.3) is 15.9 Å². The highest BCUT2D eigenvalue weighted by Gasteiger charge is 2.38. The zero-order chi connectivity index (χ0) is 27.9. The number of piperazine rings is 1. The van der Waals surface area contributed by atoms with Gasteiger partial charge in [0.15, 0.2) is 5.01 Å². The Labute approximate surface area is 232 Å². The van der Waals surface area contributed by atoms with Gasteiger partial charge in [0, 0.05) is 86.5 Å². The third-order valence-electron chi connectivity index (χ3n) is 7.35. The Morgan fingerprint density at radius 2 is 2.05 bits per heavy atom. The van der Waals surface area contributed by atoms with E-state index in [1.165, 1.54) is 20.5 Å². The molecular formula is C27H32N6O4S2. The van der Waals surface area contributed by atoms with Crippen LogP contribution in [0, 0.1) is 12.3 Å². The number of nitrogens with zero attached hydrogens (tertiary/aromatic N) is 4. The summed E-state index contributed by atoms with van der Waals surface area (Å²) in [5.41, 5.74) is 2.28. The van der Waals surface area contributed by atoms with Crippen molar-refractivity contribution in [3.05, 3.63) is 45.4 Å². The fourth-order valence-electron chi connectivity index (χ4n) is 5.07. The first kappa shape index (κ1) is 27.3. The average molecular weight is 569 g/mol. The van der Waals surface area contributed by atoms with Gasteiger partial charge in [0.1, 0.15) is 5.03 Å². The van der Waals surface area contributed by atoms with Crippen molar-refractivity contribution in [1.82, 2.24) is 29.4 Å². The van der Waals surface area contributed by atoms with Gasteiger partial charge in [0.05, 0.1) is 5.69 Å². The highest BCUT2D eigenvalue weighted by Crippen LogP contribution is 2.29. The maximum atomic E-state index is 13.7. The maximum Gasteiger partial charge on any atom is 0.283 e. The molecule has 1 fully saturated rings. The van der Waals surface area contributed by atoms with Crippen molar-refractivity contribution in [1.29, 1.82) is 0 Å². The van der Waals surface area contributed by atoms with Crippen molar-refractivity contribution in [3.63, 3.8) is 0 Å². The number of amides is 2. The third-order valence-corrected chi connectivity index (χ3v) is 10.2. The largest absolute Gasteiger partial charge is 0.349 e. The first-order valence-electron chi connectivity index (χ1n) is 12.9. The van der Waals surface area contributed by atoms with Crippen LogP contribution in [0.1, 0.15) is 45.7 Å². The molecule has 2 aliphatic heterocycles. The molecular weight excluding hydrogens is 536 g/mol. The lowest BCUT2D eigenvalue weighted by molar-refractivity contribution is -0.129. The zero-order valence-electron chi connectivity index (χ0n) is 22.2. The topological polar surface area (TPSA) is 119 Å². The normalized spacial score (nSPS) is 20.0. The summed E-state index contributed by atoms with van der Waals surface area (Å²) in [6.45, 7) is 3.20. The molecule has 0 spiro atoms. The minimum Gasteiger partial charge on any atom is -0.349 e. The number of rotatable bonds is 6. The maximum absolute atomic E-state index is 13.7. The Kier molecular flexibility index (Phi) is 7.52. The van der Waals surface area contributed by atoms with Gasteiger partial charge in [-0.25, -0.2) is 13.4 Å². The summed E-state index contributed by atoms with van der Waals surface area (Å²) in [6, 6.07) is 6.69. The quantitative estimate of drug-likeness (QED) is 0.440. The number of carbonyl (C=O) groups excluding carboxylic acids is 2. The van der Waals surface area contributed by atoms with Crippen molar-refractivity contribution in [2.45, 2.75) is 49.8 Å². The number of aromatic nitrogens is 2. The molecule has 206 valence electrons. The number of thiazole rings is 1. The Balaban J connectivity index is 1.40. The smallest absolute Gasteiger partial charge is 0.283 e. The highest BCUT2D eigenvalue weighted by molar-refractivity contribution is 7.89. The predicted molar refractivity (Wildman–Crippen MR) is 150 cm³/mol. The van der Waals surface area contributed by atoms with Crippen LogP contribution in [0.15, 0.2) is 29.3 Å². The number of H-pyrrole nitrogens is 1. The Hall–Kier alpha value is -3.24. The molecule has 2 N–H and O–H groups in total. The van der Waals surface area contributed by atoms with Crippen LogP contribution in [-0.4, -0.2) is 90.1 Å². The van der Waals surface area contributed by atoms with E-state index < -0.39 is 16.1 Å². The van der Waals surface area contributed by atoms with Crippen molar-refractivity contribution < 1.29 is 18.0 Å². The van der Waals surface area contributed by atoms with Crippen LogP contribution in [0.25, 0.3) is 10.9 Å². The van der Waals surface area contributed by atoms with Gasteiger partial charge in [-0.1, -0.05) is 5.92 Å². The number of hydrogen-bond donors (Lipinski definition) is 2. The molecule has 0 bridgehead atoms. The highest BCUT2D eigenvalue weighted by atomic mass is 32.2. The lowest BCUT2D eigenvalue weighted by Gasteiger charge is -2.40. The number of terminal acetylenes is 1. The van der Waals surface area contributed by atoms with Crippen molar-refractivity contribution in [2.24, 2.45) is 0 Å². The Morgan fingerprint density at radius 3 is 2.79 bits per heavy atom. The van der Waals surface area contributed by atoms with Gasteiger partial charge >= 0.3 is 0 Å². The fourth-order valence-corrected chi connectivity index (χ4v) is 7.55. The number of carbonyl (C=O) groups is 2. The van der Waals surface area contributed by atoms with Gasteiger partial charge < -0.3 is 20.1 Å². The number of nitrogens with one attached hydrogen (secondary N) is 2. The lowest BCUT2D eigenvalue weighted by atomic mass is 10.1. The van der Waals surface area contributed by atoms with Crippen LogP contribution in [0.2, 0.25) is 0 Å². The lowest BCUT2D eigenvalue weighted by Crippen LogP contribution is -2.56. The molecule has 0 aliphatic carbocycles. The number of aromatic amines is 1. The van der Waals surface area contributed by atoms with E-state index in [0.717, 1.165) is 17.0 Å². The minimum atomic E-state index is -3.88. The van der Waals surface area contributed by atoms with Crippen LogP contribution >= 0.6 is 11.3 Å². The monoisotopic (exact) mass is 568 g/mol. The summed E-state index contributed by atoms with van der Waals surface area (Å²) in [4.78, 5) is 38.0. The van der Waals surface area contributed by atoms with Crippen LogP contribution in [0.4, 0.5) is 0 Å². The number of benzene rings is 1. The fraction of sp³-hybridized carbons (Fsp3) is 0.444. The van der Waals surface area contributed by atoms with E-state index in [0.29, 0.717) is 40.5 Å². The Bertz CT molecular complexity index is 1570. The SMILES string of the molecule is C#Cc1ccc2[nH]c(S(=O)(=O)N3CCN(C(=O)c4nc5c(s4)CNC(C)C5)C(CCC(=O)N(C)C)C3)cc2c1. The molecule has 0 radical (unpaired) electrons. The molecule has 2 atom stereocenters. The Morgan fingerprint density at radius 1 is 1.26 bits per heavy atom. The third kappa shape index (κ3) is 5.45. The zero-order valence-corrected chi connectivity index (χ0v) is 23.9. The van der Waals surface area contributed by atoms with E-state index in [2.05, 4.69) is 28.1 Å². The molecule has 12 heteroatoms. The van der Waals surface area contributed by atoms with E-state index >= 15 is 0 Å². The molecule has 5 rings (SSSR count). The summed E-state index contributed by atoms with van der Waals surface area (Å²) in [6.07, 6.45) is 6.80.